The van der Waals surface area contributed by atoms with Crippen LogP contribution in [0.25, 0.3) is 0 Å². The van der Waals surface area contributed by atoms with Gasteiger partial charge in [-0.3, -0.25) is 0 Å². The topological polar surface area (TPSA) is 60.2 Å². The van der Waals surface area contributed by atoms with Crippen LogP contribution in [0, 0.1) is 0 Å². The molecular weight excluding hydrogens is 230 g/mol. The maximum absolute atomic E-state index is 5.61. The van der Waals surface area contributed by atoms with Gasteiger partial charge in [-0.05, 0) is 12.6 Å². The molecule has 0 aliphatic rings. The van der Waals surface area contributed by atoms with E-state index in [9.17, 15) is 0 Å². The second-order valence-electron chi connectivity index (χ2n) is 3.91. The Bertz CT molecular complexity index is 470. The van der Waals surface area contributed by atoms with E-state index < -0.39 is 0 Å². The summed E-state index contributed by atoms with van der Waals surface area (Å²) in [7, 11) is 3.52. The van der Waals surface area contributed by atoms with Crippen LogP contribution in [0.1, 0.15) is 23.4 Å². The van der Waals surface area contributed by atoms with Gasteiger partial charge in [-0.25, -0.2) is 0 Å². The fourth-order valence-electron chi connectivity index (χ4n) is 1.71. The highest BCUT2D eigenvalue weighted by Gasteiger charge is 2.19. The minimum Gasteiger partial charge on any atom is -0.422 e. The third-order valence-corrected chi connectivity index (χ3v) is 2.63. The molecule has 2 aromatic rings. The molecule has 0 radical (unpaired) electrons. The maximum atomic E-state index is 5.61. The number of hydrogen-bond acceptors (Lipinski definition) is 5. The molecule has 0 amide bonds. The highest BCUT2D eigenvalue weighted by atomic mass is 16.5. The van der Waals surface area contributed by atoms with Crippen LogP contribution in [-0.2, 0) is 11.2 Å². The summed E-state index contributed by atoms with van der Waals surface area (Å²) < 4.78 is 11.0. The maximum Gasteiger partial charge on any atom is 0.249 e. The van der Waals surface area contributed by atoms with Crippen molar-refractivity contribution in [2.45, 2.75) is 12.5 Å². The summed E-state index contributed by atoms with van der Waals surface area (Å²) in [5.74, 6) is 1.12. The zero-order valence-corrected chi connectivity index (χ0v) is 10.6. The monoisotopic (exact) mass is 247 g/mol. The normalized spacial score (nSPS) is 12.6. The first-order valence-electron chi connectivity index (χ1n) is 5.89. The number of methoxy groups -OCH3 is 1. The number of likely N-dealkylation sites (N-methyl/N-ethyl adjacent to an activating group) is 1. The third kappa shape index (κ3) is 2.94. The number of aromatic nitrogens is 2. The van der Waals surface area contributed by atoms with Crippen LogP contribution in [-0.4, -0.2) is 30.9 Å². The van der Waals surface area contributed by atoms with Gasteiger partial charge in [0.05, 0.1) is 0 Å². The van der Waals surface area contributed by atoms with Crippen LogP contribution >= 0.6 is 0 Å². The molecule has 1 aromatic heterocycles. The lowest BCUT2D eigenvalue weighted by molar-refractivity contribution is 0.110. The Balaban J connectivity index is 2.15. The van der Waals surface area contributed by atoms with Gasteiger partial charge in [-0.1, -0.05) is 30.3 Å². The average Bonchev–Trinajstić information content (AvgIpc) is 2.87. The Morgan fingerprint density at radius 1 is 1.28 bits per heavy atom. The van der Waals surface area contributed by atoms with Crippen molar-refractivity contribution >= 4 is 0 Å². The molecule has 0 aliphatic carbocycles. The van der Waals surface area contributed by atoms with Gasteiger partial charge in [0.1, 0.15) is 0 Å². The lowest BCUT2D eigenvalue weighted by Gasteiger charge is -2.10. The summed E-state index contributed by atoms with van der Waals surface area (Å²) in [6, 6.07) is 9.83. The molecule has 1 atom stereocenters. The average molecular weight is 247 g/mol. The van der Waals surface area contributed by atoms with Crippen molar-refractivity contribution in [3.05, 3.63) is 47.7 Å². The fraction of sp³-hybridized carbons (Fsp3) is 0.385. The van der Waals surface area contributed by atoms with Crippen LogP contribution < -0.4 is 5.32 Å². The summed E-state index contributed by atoms with van der Waals surface area (Å²) in [5, 5.41) is 11.1. The summed E-state index contributed by atoms with van der Waals surface area (Å²) in [5.41, 5.74) is 1.00. The van der Waals surface area contributed by atoms with E-state index in [1.165, 1.54) is 0 Å². The van der Waals surface area contributed by atoms with Crippen LogP contribution in [0.4, 0.5) is 0 Å². The smallest absolute Gasteiger partial charge is 0.249 e. The number of benzene rings is 1. The van der Waals surface area contributed by atoms with E-state index in [4.69, 9.17) is 9.15 Å². The summed E-state index contributed by atoms with van der Waals surface area (Å²) >= 11 is 0. The van der Waals surface area contributed by atoms with E-state index in [0.717, 1.165) is 12.1 Å². The van der Waals surface area contributed by atoms with E-state index in [2.05, 4.69) is 15.5 Å². The van der Waals surface area contributed by atoms with Crippen LogP contribution in [0.5, 0.6) is 0 Å². The number of rotatable bonds is 6. The van der Waals surface area contributed by atoms with Gasteiger partial charge in [0.25, 0.3) is 0 Å². The molecule has 0 saturated heterocycles. The molecule has 0 aliphatic heterocycles. The largest absolute Gasteiger partial charge is 0.422 e. The molecule has 0 fully saturated rings. The molecule has 0 spiro atoms. The van der Waals surface area contributed by atoms with Gasteiger partial charge in [0, 0.05) is 20.1 Å². The Morgan fingerprint density at radius 2 is 2.06 bits per heavy atom. The number of hydrogen-bond donors (Lipinski definition) is 1. The Hall–Kier alpha value is -1.72. The van der Waals surface area contributed by atoms with Gasteiger partial charge in [0.2, 0.25) is 11.8 Å². The van der Waals surface area contributed by atoms with E-state index in [1.807, 2.05) is 37.4 Å². The molecule has 2 rings (SSSR count). The summed E-state index contributed by atoms with van der Waals surface area (Å²) in [6.45, 7) is 0.810. The number of ether oxygens (including phenoxy) is 1. The molecule has 1 N–H and O–H groups in total. The first-order chi connectivity index (χ1) is 8.85. The highest BCUT2D eigenvalue weighted by Crippen LogP contribution is 2.23. The third-order valence-electron chi connectivity index (χ3n) is 2.63. The molecular formula is C13H17N3O2. The van der Waals surface area contributed by atoms with Gasteiger partial charge >= 0.3 is 0 Å². The van der Waals surface area contributed by atoms with E-state index >= 15 is 0 Å². The van der Waals surface area contributed by atoms with Crippen molar-refractivity contribution in [2.24, 2.45) is 0 Å². The summed E-state index contributed by atoms with van der Waals surface area (Å²) in [6.07, 6.45) is 0.413. The molecule has 0 bridgehead atoms. The van der Waals surface area contributed by atoms with Gasteiger partial charge in [-0.15, -0.1) is 10.2 Å². The molecule has 18 heavy (non-hydrogen) atoms. The Labute approximate surface area is 106 Å². The second kappa shape index (κ2) is 6.28. The molecule has 1 unspecified atom stereocenters. The van der Waals surface area contributed by atoms with Gasteiger partial charge in [-0.2, -0.15) is 0 Å². The molecule has 5 nitrogen and oxygen atoms in total. The van der Waals surface area contributed by atoms with Crippen molar-refractivity contribution in [1.82, 2.24) is 15.5 Å². The lowest BCUT2D eigenvalue weighted by atomic mass is 10.1. The van der Waals surface area contributed by atoms with Crippen molar-refractivity contribution in [2.75, 3.05) is 20.7 Å². The number of nitrogens with zero attached hydrogens (tertiary/aromatic N) is 2. The number of nitrogens with one attached hydrogen (secondary N) is 1. The second-order valence-corrected chi connectivity index (χ2v) is 3.91. The van der Waals surface area contributed by atoms with Crippen LogP contribution in [0.2, 0.25) is 0 Å². The molecule has 5 heteroatoms. The minimum absolute atomic E-state index is 0.304. The van der Waals surface area contributed by atoms with E-state index in [1.54, 1.807) is 7.11 Å². The predicted octanol–water partition coefficient (Wildman–Crippen LogP) is 1.57. The van der Waals surface area contributed by atoms with Crippen molar-refractivity contribution in [1.29, 1.82) is 0 Å². The van der Waals surface area contributed by atoms with Crippen LogP contribution in [0.15, 0.2) is 34.7 Å². The first-order valence-corrected chi connectivity index (χ1v) is 5.89. The Kier molecular flexibility index (Phi) is 4.44. The highest BCUT2D eigenvalue weighted by molar-refractivity contribution is 5.21. The first kappa shape index (κ1) is 12.7. The van der Waals surface area contributed by atoms with E-state index in [0.29, 0.717) is 18.2 Å². The van der Waals surface area contributed by atoms with Crippen LogP contribution in [0.3, 0.4) is 0 Å². The van der Waals surface area contributed by atoms with Gasteiger partial charge < -0.3 is 14.5 Å². The SMILES string of the molecule is CNCCc1nnc(C(OC)c2ccccc2)o1. The molecule has 1 heterocycles. The van der Waals surface area contributed by atoms with Crippen molar-refractivity contribution in [3.8, 4) is 0 Å². The standard InChI is InChI=1S/C13H17N3O2/c1-14-9-8-11-15-16-13(18-11)12(17-2)10-6-4-3-5-7-10/h3-7,12,14H,8-9H2,1-2H3. The zero-order valence-electron chi connectivity index (χ0n) is 10.6. The molecule has 1 aromatic carbocycles. The lowest BCUT2D eigenvalue weighted by Crippen LogP contribution is -2.10. The minimum atomic E-state index is -0.304. The van der Waals surface area contributed by atoms with E-state index in [-0.39, 0.29) is 6.10 Å². The fourth-order valence-corrected chi connectivity index (χ4v) is 1.71. The predicted molar refractivity (Wildman–Crippen MR) is 67.2 cm³/mol. The summed E-state index contributed by atoms with van der Waals surface area (Å²) in [4.78, 5) is 0. The quantitative estimate of drug-likeness (QED) is 0.839. The molecule has 0 saturated carbocycles. The van der Waals surface area contributed by atoms with Crippen molar-refractivity contribution < 1.29 is 9.15 Å². The van der Waals surface area contributed by atoms with Crippen molar-refractivity contribution in [3.63, 3.8) is 0 Å². The molecule has 96 valence electrons. The van der Waals surface area contributed by atoms with Gasteiger partial charge in [0.15, 0.2) is 6.10 Å². The zero-order chi connectivity index (χ0) is 12.8. The Morgan fingerprint density at radius 3 is 2.72 bits per heavy atom.